The van der Waals surface area contributed by atoms with E-state index in [-0.39, 0.29) is 5.76 Å². The van der Waals surface area contributed by atoms with Crippen LogP contribution in [0.25, 0.3) is 0 Å². The van der Waals surface area contributed by atoms with Crippen molar-refractivity contribution >= 4 is 11.9 Å². The molecule has 2 N–H and O–H groups in total. The van der Waals surface area contributed by atoms with Crippen LogP contribution < -0.4 is 5.32 Å². The zero-order valence-corrected chi connectivity index (χ0v) is 8.83. The van der Waals surface area contributed by atoms with E-state index in [4.69, 9.17) is 9.52 Å². The van der Waals surface area contributed by atoms with E-state index in [0.717, 1.165) is 0 Å². The minimum Gasteiger partial charge on any atom is -0.480 e. The minimum absolute atomic E-state index is 0.113. The van der Waals surface area contributed by atoms with E-state index in [0.29, 0.717) is 5.76 Å². The highest BCUT2D eigenvalue weighted by atomic mass is 16.4. The smallest absolute Gasteiger partial charge is 0.328 e. The van der Waals surface area contributed by atoms with Gasteiger partial charge in [-0.1, -0.05) is 0 Å². The van der Waals surface area contributed by atoms with Crippen molar-refractivity contribution in [3.63, 3.8) is 0 Å². The van der Waals surface area contributed by atoms with Crippen LogP contribution in [0.2, 0.25) is 0 Å². The van der Waals surface area contributed by atoms with Crippen LogP contribution in [0.3, 0.4) is 0 Å². The number of furan rings is 1. The fraction of sp³-hybridized carbons (Fsp3) is 0.400. The highest BCUT2D eigenvalue weighted by molar-refractivity contribution is 5.95. The summed E-state index contributed by atoms with van der Waals surface area (Å²) in [4.78, 5) is 22.3. The quantitative estimate of drug-likeness (QED) is 0.786. The van der Waals surface area contributed by atoms with Gasteiger partial charge in [-0.15, -0.1) is 0 Å². The van der Waals surface area contributed by atoms with E-state index in [1.165, 1.54) is 19.9 Å². The van der Waals surface area contributed by atoms with E-state index in [1.54, 1.807) is 13.0 Å². The van der Waals surface area contributed by atoms with Gasteiger partial charge in [-0.3, -0.25) is 4.79 Å². The molecule has 0 aliphatic heterocycles. The Balaban J connectivity index is 2.76. The lowest BCUT2D eigenvalue weighted by Gasteiger charge is -2.19. The van der Waals surface area contributed by atoms with Crippen molar-refractivity contribution in [2.75, 3.05) is 0 Å². The molecule has 1 rings (SSSR count). The summed E-state index contributed by atoms with van der Waals surface area (Å²) in [7, 11) is 0. The molecule has 0 fully saturated rings. The van der Waals surface area contributed by atoms with Crippen molar-refractivity contribution < 1.29 is 19.1 Å². The van der Waals surface area contributed by atoms with Crippen LogP contribution in [0.5, 0.6) is 0 Å². The zero-order chi connectivity index (χ0) is 11.6. The number of rotatable bonds is 3. The first-order chi connectivity index (χ1) is 6.83. The minimum atomic E-state index is -1.31. The summed E-state index contributed by atoms with van der Waals surface area (Å²) < 4.78 is 5.07. The molecule has 1 aromatic heterocycles. The van der Waals surface area contributed by atoms with E-state index in [9.17, 15) is 9.59 Å². The number of carbonyl (C=O) groups is 2. The van der Waals surface area contributed by atoms with Gasteiger partial charge in [0.25, 0.3) is 5.91 Å². The van der Waals surface area contributed by atoms with E-state index in [2.05, 4.69) is 5.32 Å². The summed E-state index contributed by atoms with van der Waals surface area (Å²) in [6.07, 6.45) is 0. The van der Waals surface area contributed by atoms with Gasteiger partial charge in [0.15, 0.2) is 5.76 Å². The van der Waals surface area contributed by atoms with Gasteiger partial charge < -0.3 is 14.8 Å². The summed E-state index contributed by atoms with van der Waals surface area (Å²) in [6.45, 7) is 4.52. The maximum absolute atomic E-state index is 11.5. The number of hydrogen-bond acceptors (Lipinski definition) is 3. The summed E-state index contributed by atoms with van der Waals surface area (Å²) >= 11 is 0. The first-order valence-corrected chi connectivity index (χ1v) is 4.45. The Kier molecular flexibility index (Phi) is 2.83. The molecule has 15 heavy (non-hydrogen) atoms. The molecular formula is C10H13NO4. The fourth-order valence-electron chi connectivity index (χ4n) is 0.955. The molecule has 0 bridgehead atoms. The monoisotopic (exact) mass is 211 g/mol. The topological polar surface area (TPSA) is 79.5 Å². The number of hydrogen-bond donors (Lipinski definition) is 2. The number of amides is 1. The fourth-order valence-corrected chi connectivity index (χ4v) is 0.955. The molecule has 0 aliphatic carbocycles. The standard InChI is InChI=1S/C10H13NO4/c1-6-4-5-7(15-6)8(12)11-10(2,3)9(13)14/h4-5H,1-3H3,(H,11,12)(H,13,14). The molecule has 0 radical (unpaired) electrons. The van der Waals surface area contributed by atoms with Gasteiger partial charge in [-0.25, -0.2) is 4.79 Å². The molecule has 5 nitrogen and oxygen atoms in total. The van der Waals surface area contributed by atoms with Crippen LogP contribution in [-0.4, -0.2) is 22.5 Å². The van der Waals surface area contributed by atoms with Crippen molar-refractivity contribution in [2.24, 2.45) is 0 Å². The second-order valence-corrected chi connectivity index (χ2v) is 3.79. The lowest BCUT2D eigenvalue weighted by atomic mass is 10.1. The molecule has 1 heterocycles. The number of carboxylic acid groups (broad SMARTS) is 1. The average molecular weight is 211 g/mol. The number of nitrogens with one attached hydrogen (secondary N) is 1. The first kappa shape index (κ1) is 11.3. The molecule has 0 atom stereocenters. The van der Waals surface area contributed by atoms with Gasteiger partial charge >= 0.3 is 5.97 Å². The van der Waals surface area contributed by atoms with Gasteiger partial charge in [0, 0.05) is 0 Å². The third kappa shape index (κ3) is 2.59. The maximum atomic E-state index is 11.5. The van der Waals surface area contributed by atoms with Gasteiger partial charge in [0.2, 0.25) is 0 Å². The lowest BCUT2D eigenvalue weighted by Crippen LogP contribution is -2.49. The third-order valence-corrected chi connectivity index (χ3v) is 1.92. The van der Waals surface area contributed by atoms with Crippen LogP contribution in [0.15, 0.2) is 16.5 Å². The maximum Gasteiger partial charge on any atom is 0.328 e. The van der Waals surface area contributed by atoms with Crippen LogP contribution >= 0.6 is 0 Å². The highest BCUT2D eigenvalue weighted by Crippen LogP contribution is 2.09. The van der Waals surface area contributed by atoms with Gasteiger partial charge in [-0.05, 0) is 32.9 Å². The predicted octanol–water partition coefficient (Wildman–Crippen LogP) is 1.18. The Morgan fingerprint density at radius 2 is 2.00 bits per heavy atom. The number of aryl methyl sites for hydroxylation is 1. The average Bonchev–Trinajstić information content (AvgIpc) is 2.50. The summed E-state index contributed by atoms with van der Waals surface area (Å²) in [5.74, 6) is -0.912. The second-order valence-electron chi connectivity index (χ2n) is 3.79. The number of carbonyl (C=O) groups excluding carboxylic acids is 1. The van der Waals surface area contributed by atoms with Crippen LogP contribution in [0.1, 0.15) is 30.2 Å². The molecule has 1 aromatic rings. The Hall–Kier alpha value is -1.78. The molecule has 0 aliphatic rings. The Morgan fingerprint density at radius 3 is 2.40 bits per heavy atom. The predicted molar refractivity (Wildman–Crippen MR) is 52.6 cm³/mol. The van der Waals surface area contributed by atoms with E-state index in [1.807, 2.05) is 0 Å². The van der Waals surface area contributed by atoms with Crippen molar-refractivity contribution in [3.8, 4) is 0 Å². The van der Waals surface area contributed by atoms with Crippen molar-refractivity contribution in [2.45, 2.75) is 26.3 Å². The Labute approximate surface area is 87.1 Å². The molecule has 5 heteroatoms. The molecule has 0 saturated carbocycles. The third-order valence-electron chi connectivity index (χ3n) is 1.92. The zero-order valence-electron chi connectivity index (χ0n) is 8.83. The molecule has 82 valence electrons. The molecule has 0 aromatic carbocycles. The summed E-state index contributed by atoms with van der Waals surface area (Å²) in [5.41, 5.74) is -1.31. The van der Waals surface area contributed by atoms with Gasteiger partial charge in [0.1, 0.15) is 11.3 Å². The Bertz CT molecular complexity index is 392. The lowest BCUT2D eigenvalue weighted by molar-refractivity contribution is -0.143. The second kappa shape index (κ2) is 3.76. The first-order valence-electron chi connectivity index (χ1n) is 4.45. The van der Waals surface area contributed by atoms with Gasteiger partial charge in [0.05, 0.1) is 0 Å². The van der Waals surface area contributed by atoms with Crippen LogP contribution in [0, 0.1) is 6.92 Å². The van der Waals surface area contributed by atoms with Crippen molar-refractivity contribution in [1.29, 1.82) is 0 Å². The van der Waals surface area contributed by atoms with Crippen LogP contribution in [0.4, 0.5) is 0 Å². The molecule has 1 amide bonds. The molecule has 0 saturated heterocycles. The molecule has 0 unspecified atom stereocenters. The van der Waals surface area contributed by atoms with E-state index < -0.39 is 17.4 Å². The SMILES string of the molecule is Cc1ccc(C(=O)NC(C)(C)C(=O)O)o1. The molecular weight excluding hydrogens is 198 g/mol. The van der Waals surface area contributed by atoms with Crippen LogP contribution in [-0.2, 0) is 4.79 Å². The van der Waals surface area contributed by atoms with Gasteiger partial charge in [-0.2, -0.15) is 0 Å². The number of carboxylic acids is 1. The largest absolute Gasteiger partial charge is 0.480 e. The normalized spacial score (nSPS) is 11.1. The summed E-state index contributed by atoms with van der Waals surface area (Å²) in [6, 6.07) is 3.14. The number of aliphatic carboxylic acids is 1. The molecule has 0 spiro atoms. The van der Waals surface area contributed by atoms with Crippen molar-refractivity contribution in [3.05, 3.63) is 23.7 Å². The van der Waals surface area contributed by atoms with Crippen molar-refractivity contribution in [1.82, 2.24) is 5.32 Å². The Morgan fingerprint density at radius 1 is 1.40 bits per heavy atom. The highest BCUT2D eigenvalue weighted by Gasteiger charge is 2.30. The van der Waals surface area contributed by atoms with E-state index >= 15 is 0 Å². The summed E-state index contributed by atoms with van der Waals surface area (Å²) in [5, 5.41) is 11.2.